The predicted molar refractivity (Wildman–Crippen MR) is 96.5 cm³/mol. The van der Waals surface area contributed by atoms with Crippen LogP contribution in [0.4, 0.5) is 5.69 Å². The fraction of sp³-hybridized carbons (Fsp3) is 0.333. The Morgan fingerprint density at radius 1 is 1.36 bits per heavy atom. The molecule has 2 aromatic rings. The van der Waals surface area contributed by atoms with Crippen LogP contribution in [0, 0.1) is 6.92 Å². The first-order chi connectivity index (χ1) is 11.4. The Balaban J connectivity index is 0.00000312. The molecule has 1 heterocycles. The molecule has 25 heavy (non-hydrogen) atoms. The summed E-state index contributed by atoms with van der Waals surface area (Å²) in [5, 5.41) is 6.46. The van der Waals surface area contributed by atoms with Gasteiger partial charge in [-0.2, -0.15) is 0 Å². The zero-order chi connectivity index (χ0) is 17.7. The van der Waals surface area contributed by atoms with Crippen molar-refractivity contribution in [1.29, 1.82) is 0 Å². The first-order valence-electron chi connectivity index (χ1n) is 7.45. The second-order valence-corrected chi connectivity index (χ2v) is 6.86. The molecule has 4 N–H and O–H groups in total. The van der Waals surface area contributed by atoms with Crippen molar-refractivity contribution in [3.63, 3.8) is 0 Å². The Bertz CT molecular complexity index is 836. The summed E-state index contributed by atoms with van der Waals surface area (Å²) in [5.74, 6) is 0.0912. The molecule has 0 radical (unpaired) electrons. The Labute approximate surface area is 152 Å². The molecule has 0 bridgehead atoms. The molecule has 0 atom stereocenters. The van der Waals surface area contributed by atoms with Gasteiger partial charge in [-0.15, -0.1) is 12.4 Å². The number of aromatic nitrogens is 1. The molecule has 1 aromatic heterocycles. The van der Waals surface area contributed by atoms with E-state index in [0.29, 0.717) is 29.1 Å². The zero-order valence-electron chi connectivity index (χ0n) is 13.9. The van der Waals surface area contributed by atoms with Gasteiger partial charge in [-0.25, -0.2) is 13.1 Å². The highest BCUT2D eigenvalue weighted by atomic mass is 35.5. The average molecular weight is 389 g/mol. The van der Waals surface area contributed by atoms with Gasteiger partial charge in [0, 0.05) is 25.2 Å². The van der Waals surface area contributed by atoms with Gasteiger partial charge in [0.15, 0.2) is 0 Å². The van der Waals surface area contributed by atoms with Crippen LogP contribution >= 0.6 is 12.4 Å². The number of sulfonamides is 1. The monoisotopic (exact) mass is 388 g/mol. The highest BCUT2D eigenvalue weighted by Crippen LogP contribution is 2.19. The van der Waals surface area contributed by atoms with Crippen LogP contribution in [0.25, 0.3) is 0 Å². The second-order valence-electron chi connectivity index (χ2n) is 5.09. The minimum atomic E-state index is -3.67. The van der Waals surface area contributed by atoms with Crippen molar-refractivity contribution in [3.8, 4) is 0 Å². The summed E-state index contributed by atoms with van der Waals surface area (Å²) in [5.41, 5.74) is 6.52. The average Bonchev–Trinajstić information content (AvgIpc) is 2.94. The van der Waals surface area contributed by atoms with Crippen LogP contribution in [0.15, 0.2) is 33.7 Å². The minimum absolute atomic E-state index is 0. The maximum absolute atomic E-state index is 12.4. The molecule has 0 saturated carbocycles. The molecule has 2 rings (SSSR count). The fourth-order valence-corrected chi connectivity index (χ4v) is 3.25. The number of benzene rings is 1. The van der Waals surface area contributed by atoms with Crippen LogP contribution in [0.1, 0.15) is 28.7 Å². The highest BCUT2D eigenvalue weighted by Gasteiger charge is 2.20. The molecule has 0 unspecified atom stereocenters. The number of aryl methyl sites for hydroxylation is 2. The lowest BCUT2D eigenvalue weighted by molar-refractivity contribution is 0.102. The largest absolute Gasteiger partial charge is 0.360 e. The van der Waals surface area contributed by atoms with Crippen LogP contribution in [0.2, 0.25) is 0 Å². The van der Waals surface area contributed by atoms with E-state index in [4.69, 9.17) is 10.3 Å². The Morgan fingerprint density at radius 2 is 2.08 bits per heavy atom. The molecule has 1 amide bonds. The third kappa shape index (κ3) is 5.02. The van der Waals surface area contributed by atoms with Crippen molar-refractivity contribution < 1.29 is 17.7 Å². The molecular formula is C15H21ClN4O4S. The normalized spacial score (nSPS) is 11.0. The van der Waals surface area contributed by atoms with Crippen LogP contribution in [0.5, 0.6) is 0 Å². The van der Waals surface area contributed by atoms with Gasteiger partial charge in [0.1, 0.15) is 11.3 Å². The number of rotatable bonds is 7. The van der Waals surface area contributed by atoms with Crippen molar-refractivity contribution in [1.82, 2.24) is 9.88 Å². The molecule has 8 nitrogen and oxygen atoms in total. The molecular weight excluding hydrogens is 368 g/mol. The number of anilines is 1. The SMILES string of the molecule is CCc1onc(C)c1C(=O)Nc1cccc(S(=O)(=O)NCCN)c1.Cl. The molecule has 138 valence electrons. The van der Waals surface area contributed by atoms with Crippen molar-refractivity contribution in [2.75, 3.05) is 18.4 Å². The van der Waals surface area contributed by atoms with Crippen molar-refractivity contribution in [2.24, 2.45) is 5.73 Å². The molecule has 0 aliphatic carbocycles. The van der Waals surface area contributed by atoms with Gasteiger partial charge in [0.2, 0.25) is 10.0 Å². The van der Waals surface area contributed by atoms with Crippen molar-refractivity contribution in [2.45, 2.75) is 25.2 Å². The smallest absolute Gasteiger partial charge is 0.261 e. The summed E-state index contributed by atoms with van der Waals surface area (Å²) in [7, 11) is -3.67. The van der Waals surface area contributed by atoms with Gasteiger partial charge in [0.05, 0.1) is 10.6 Å². The number of hydrogen-bond acceptors (Lipinski definition) is 6. The summed E-state index contributed by atoms with van der Waals surface area (Å²) in [4.78, 5) is 12.5. The topological polar surface area (TPSA) is 127 Å². The van der Waals surface area contributed by atoms with E-state index in [1.54, 1.807) is 19.1 Å². The number of amides is 1. The standard InChI is InChI=1S/C15H20N4O4S.ClH/c1-3-13-14(10(2)19-23-13)15(20)18-11-5-4-6-12(9-11)24(21,22)17-8-7-16;/h4-6,9,17H,3,7-8,16H2,1-2H3,(H,18,20);1H. The molecule has 0 spiro atoms. The van der Waals surface area contributed by atoms with E-state index in [2.05, 4.69) is 15.2 Å². The van der Waals surface area contributed by atoms with E-state index in [9.17, 15) is 13.2 Å². The van der Waals surface area contributed by atoms with Gasteiger partial charge in [0.25, 0.3) is 5.91 Å². The van der Waals surface area contributed by atoms with Crippen LogP contribution < -0.4 is 15.8 Å². The molecule has 0 saturated heterocycles. The molecule has 0 fully saturated rings. The zero-order valence-corrected chi connectivity index (χ0v) is 15.5. The number of carbonyl (C=O) groups excluding carboxylic acids is 1. The van der Waals surface area contributed by atoms with Crippen LogP contribution in [0.3, 0.4) is 0 Å². The lowest BCUT2D eigenvalue weighted by Crippen LogP contribution is -2.29. The van der Waals surface area contributed by atoms with Gasteiger partial charge in [-0.05, 0) is 25.1 Å². The molecule has 0 aliphatic rings. The third-order valence-corrected chi connectivity index (χ3v) is 4.78. The van der Waals surface area contributed by atoms with Crippen molar-refractivity contribution >= 4 is 34.0 Å². The lowest BCUT2D eigenvalue weighted by Gasteiger charge is -2.09. The quantitative estimate of drug-likeness (QED) is 0.658. The Morgan fingerprint density at radius 3 is 2.72 bits per heavy atom. The summed E-state index contributed by atoms with van der Waals surface area (Å²) in [6.07, 6.45) is 0.529. The Kier molecular flexibility index (Phi) is 7.56. The minimum Gasteiger partial charge on any atom is -0.360 e. The summed E-state index contributed by atoms with van der Waals surface area (Å²) < 4.78 is 31.7. The van der Waals surface area contributed by atoms with Crippen molar-refractivity contribution in [3.05, 3.63) is 41.3 Å². The molecule has 0 aliphatic heterocycles. The van der Waals surface area contributed by atoms with Gasteiger partial charge in [-0.3, -0.25) is 4.79 Å². The molecule has 1 aromatic carbocycles. The van der Waals surface area contributed by atoms with Gasteiger partial charge < -0.3 is 15.6 Å². The maximum Gasteiger partial charge on any atom is 0.261 e. The van der Waals surface area contributed by atoms with E-state index in [0.717, 1.165) is 0 Å². The van der Waals surface area contributed by atoms with E-state index in [1.807, 2.05) is 6.92 Å². The predicted octanol–water partition coefficient (Wildman–Crippen LogP) is 1.46. The highest BCUT2D eigenvalue weighted by molar-refractivity contribution is 7.89. The number of nitrogens with one attached hydrogen (secondary N) is 2. The summed E-state index contributed by atoms with van der Waals surface area (Å²) in [6, 6.07) is 5.98. The van der Waals surface area contributed by atoms with E-state index in [-0.39, 0.29) is 30.4 Å². The summed E-state index contributed by atoms with van der Waals surface area (Å²) >= 11 is 0. The van der Waals surface area contributed by atoms with Crippen LogP contribution in [-0.4, -0.2) is 32.6 Å². The van der Waals surface area contributed by atoms with Gasteiger partial charge >= 0.3 is 0 Å². The first-order valence-corrected chi connectivity index (χ1v) is 8.93. The number of halogens is 1. The van der Waals surface area contributed by atoms with E-state index >= 15 is 0 Å². The lowest BCUT2D eigenvalue weighted by atomic mass is 10.1. The van der Waals surface area contributed by atoms with Crippen LogP contribution in [-0.2, 0) is 16.4 Å². The molecule has 10 heteroatoms. The van der Waals surface area contributed by atoms with E-state index < -0.39 is 15.9 Å². The maximum atomic E-state index is 12.4. The number of hydrogen-bond donors (Lipinski definition) is 3. The summed E-state index contributed by atoms with van der Waals surface area (Å²) in [6.45, 7) is 3.86. The fourth-order valence-electron chi connectivity index (χ4n) is 2.16. The number of carbonyl (C=O) groups is 1. The number of nitrogens with zero attached hydrogens (tertiary/aromatic N) is 1. The second kappa shape index (κ2) is 8.95. The van der Waals surface area contributed by atoms with Gasteiger partial charge in [-0.1, -0.05) is 18.1 Å². The van der Waals surface area contributed by atoms with E-state index in [1.165, 1.54) is 12.1 Å². The Hall–Kier alpha value is -1.94. The number of nitrogens with two attached hydrogens (primary N) is 1. The first kappa shape index (κ1) is 21.1. The third-order valence-electron chi connectivity index (χ3n) is 3.32.